The minimum atomic E-state index is -0.497. The number of carbonyl (C=O) groups excluding carboxylic acids is 1. The van der Waals surface area contributed by atoms with E-state index in [2.05, 4.69) is 20.9 Å². The molecule has 6 heteroatoms. The number of para-hydroxylation sites is 1. The van der Waals surface area contributed by atoms with Crippen molar-refractivity contribution < 1.29 is 9.53 Å². The van der Waals surface area contributed by atoms with Gasteiger partial charge >= 0.3 is 5.97 Å². The molecule has 0 bridgehead atoms. The van der Waals surface area contributed by atoms with Crippen molar-refractivity contribution in [2.24, 2.45) is 0 Å². The summed E-state index contributed by atoms with van der Waals surface area (Å²) in [5, 5.41) is 0.894. The van der Waals surface area contributed by atoms with Gasteiger partial charge in [-0.15, -0.1) is 0 Å². The second-order valence-electron chi connectivity index (χ2n) is 5.94. The Hall–Kier alpha value is -2.11. The molecule has 0 unspecified atom stereocenters. The van der Waals surface area contributed by atoms with Crippen molar-refractivity contribution in [3.05, 3.63) is 63.8 Å². The van der Waals surface area contributed by atoms with Crippen LogP contribution in [0, 0.1) is 13.8 Å². The molecule has 4 nitrogen and oxygen atoms in total. The van der Waals surface area contributed by atoms with Gasteiger partial charge < -0.3 is 4.74 Å². The van der Waals surface area contributed by atoms with Crippen LogP contribution in [0.15, 0.2) is 46.9 Å². The monoisotopic (exact) mass is 432 g/mol. The zero-order valence-corrected chi connectivity index (χ0v) is 17.1. The van der Waals surface area contributed by atoms with Crippen molar-refractivity contribution in [2.75, 3.05) is 11.0 Å². The molecule has 134 valence electrons. The molecule has 0 amide bonds. The first kappa shape index (κ1) is 18.7. The van der Waals surface area contributed by atoms with Gasteiger partial charge in [-0.2, -0.15) is 0 Å². The van der Waals surface area contributed by atoms with E-state index in [0.717, 1.165) is 26.7 Å². The van der Waals surface area contributed by atoms with Crippen molar-refractivity contribution in [1.82, 2.24) is 4.98 Å². The third-order valence-electron chi connectivity index (χ3n) is 4.06. The molecule has 0 saturated carbocycles. The van der Waals surface area contributed by atoms with Gasteiger partial charge in [0, 0.05) is 21.6 Å². The average molecular weight is 434 g/mol. The first-order valence-electron chi connectivity index (χ1n) is 8.22. The molecular weight excluding hydrogens is 416 g/mol. The van der Waals surface area contributed by atoms with E-state index in [1.807, 2.05) is 56.3 Å². The SMILES string of the molecule is CCOC(=O)c1nc2ccccc2cc1N(Cl)c1cc(C)cc(Br)c1C. The van der Waals surface area contributed by atoms with Crippen molar-refractivity contribution >= 4 is 56.0 Å². The summed E-state index contributed by atoms with van der Waals surface area (Å²) in [6.45, 7) is 5.99. The summed E-state index contributed by atoms with van der Waals surface area (Å²) >= 11 is 10.3. The van der Waals surface area contributed by atoms with Crippen LogP contribution >= 0.6 is 27.7 Å². The van der Waals surface area contributed by atoms with Gasteiger partial charge in [-0.3, -0.25) is 4.42 Å². The lowest BCUT2D eigenvalue weighted by Crippen LogP contribution is -2.14. The summed E-state index contributed by atoms with van der Waals surface area (Å²) in [6, 6.07) is 13.4. The van der Waals surface area contributed by atoms with Crippen LogP contribution in [0.1, 0.15) is 28.5 Å². The number of pyridine rings is 1. The first-order chi connectivity index (χ1) is 12.4. The number of rotatable bonds is 4. The number of halogens is 2. The number of benzene rings is 2. The molecule has 3 aromatic rings. The maximum absolute atomic E-state index is 12.5. The van der Waals surface area contributed by atoms with E-state index in [-0.39, 0.29) is 12.3 Å². The Balaban J connectivity index is 2.22. The van der Waals surface area contributed by atoms with Crippen LogP contribution in [0.3, 0.4) is 0 Å². The molecule has 26 heavy (non-hydrogen) atoms. The molecule has 0 saturated heterocycles. The summed E-state index contributed by atoms with van der Waals surface area (Å²) in [5.74, 6) is -0.497. The molecule has 0 N–H and O–H groups in total. The maximum Gasteiger partial charge on any atom is 0.359 e. The van der Waals surface area contributed by atoms with Gasteiger partial charge in [0.05, 0.1) is 23.5 Å². The van der Waals surface area contributed by atoms with Gasteiger partial charge in [0.25, 0.3) is 0 Å². The molecular formula is C20H18BrClN2O2. The Kier molecular flexibility index (Phi) is 5.49. The van der Waals surface area contributed by atoms with Gasteiger partial charge in [0.15, 0.2) is 5.69 Å². The Morgan fingerprint density at radius 2 is 1.92 bits per heavy atom. The van der Waals surface area contributed by atoms with E-state index in [0.29, 0.717) is 11.2 Å². The van der Waals surface area contributed by atoms with Crippen LogP contribution < -0.4 is 4.42 Å². The van der Waals surface area contributed by atoms with Gasteiger partial charge in [-0.1, -0.05) is 34.1 Å². The number of ether oxygens (including phenoxy) is 1. The lowest BCUT2D eigenvalue weighted by molar-refractivity contribution is 0.0521. The average Bonchev–Trinajstić information content (AvgIpc) is 2.63. The zero-order chi connectivity index (χ0) is 18.8. The molecule has 0 atom stereocenters. The first-order valence-corrected chi connectivity index (χ1v) is 9.35. The Labute approximate surface area is 166 Å². The highest BCUT2D eigenvalue weighted by molar-refractivity contribution is 9.10. The Morgan fingerprint density at radius 3 is 2.65 bits per heavy atom. The topological polar surface area (TPSA) is 42.4 Å². The van der Waals surface area contributed by atoms with Crippen LogP contribution in [0.5, 0.6) is 0 Å². The minimum Gasteiger partial charge on any atom is -0.461 e. The molecule has 1 aromatic heterocycles. The van der Waals surface area contributed by atoms with E-state index in [9.17, 15) is 4.79 Å². The second kappa shape index (κ2) is 7.64. The highest BCUT2D eigenvalue weighted by Crippen LogP contribution is 2.37. The van der Waals surface area contributed by atoms with Crippen LogP contribution in [-0.4, -0.2) is 17.6 Å². The lowest BCUT2D eigenvalue weighted by atomic mass is 10.1. The number of aryl methyl sites for hydroxylation is 1. The third kappa shape index (κ3) is 3.55. The van der Waals surface area contributed by atoms with Gasteiger partial charge in [-0.05, 0) is 56.2 Å². The van der Waals surface area contributed by atoms with Gasteiger partial charge in [0.1, 0.15) is 0 Å². The standard InChI is InChI=1S/C20H18BrClN2O2/c1-4-26-20(25)19-18(11-14-7-5-6-8-16(14)23-19)24(22)17-10-12(2)9-15(21)13(17)3/h5-11H,4H2,1-3H3. The Morgan fingerprint density at radius 1 is 1.19 bits per heavy atom. The molecule has 0 fully saturated rings. The molecule has 0 radical (unpaired) electrons. The molecule has 0 aliphatic carbocycles. The van der Waals surface area contributed by atoms with Gasteiger partial charge in [-0.25, -0.2) is 9.78 Å². The fraction of sp³-hybridized carbons (Fsp3) is 0.200. The maximum atomic E-state index is 12.5. The van der Waals surface area contributed by atoms with Crippen LogP contribution in [-0.2, 0) is 4.74 Å². The second-order valence-corrected chi connectivity index (χ2v) is 7.13. The predicted molar refractivity (Wildman–Crippen MR) is 109 cm³/mol. The largest absolute Gasteiger partial charge is 0.461 e. The smallest absolute Gasteiger partial charge is 0.359 e. The Bertz CT molecular complexity index is 991. The van der Waals surface area contributed by atoms with Crippen LogP contribution in [0.4, 0.5) is 11.4 Å². The van der Waals surface area contributed by atoms with Crippen molar-refractivity contribution in [2.45, 2.75) is 20.8 Å². The number of anilines is 2. The highest BCUT2D eigenvalue weighted by atomic mass is 79.9. The van der Waals surface area contributed by atoms with E-state index in [1.165, 1.54) is 4.42 Å². The summed E-state index contributed by atoms with van der Waals surface area (Å²) in [4.78, 5) is 17.0. The third-order valence-corrected chi connectivity index (χ3v) is 5.24. The fourth-order valence-electron chi connectivity index (χ4n) is 2.73. The molecule has 2 aromatic carbocycles. The molecule has 0 aliphatic heterocycles. The number of esters is 1. The molecule has 1 heterocycles. The lowest BCUT2D eigenvalue weighted by Gasteiger charge is -2.22. The van der Waals surface area contributed by atoms with E-state index in [4.69, 9.17) is 16.5 Å². The van der Waals surface area contributed by atoms with Crippen molar-refractivity contribution in [1.29, 1.82) is 0 Å². The highest BCUT2D eigenvalue weighted by Gasteiger charge is 2.22. The van der Waals surface area contributed by atoms with Gasteiger partial charge in [0.2, 0.25) is 0 Å². The van der Waals surface area contributed by atoms with Crippen molar-refractivity contribution in [3.63, 3.8) is 0 Å². The van der Waals surface area contributed by atoms with Crippen LogP contribution in [0.25, 0.3) is 10.9 Å². The summed E-state index contributed by atoms with van der Waals surface area (Å²) in [6.07, 6.45) is 0. The van der Waals surface area contributed by atoms with Crippen LogP contribution in [0.2, 0.25) is 0 Å². The van der Waals surface area contributed by atoms with E-state index < -0.39 is 5.97 Å². The molecule has 0 spiro atoms. The van der Waals surface area contributed by atoms with E-state index >= 15 is 0 Å². The summed E-state index contributed by atoms with van der Waals surface area (Å²) < 4.78 is 7.60. The number of carbonyl (C=O) groups is 1. The van der Waals surface area contributed by atoms with Crippen molar-refractivity contribution in [3.8, 4) is 0 Å². The minimum absolute atomic E-state index is 0.192. The summed E-state index contributed by atoms with van der Waals surface area (Å²) in [5.41, 5.74) is 4.19. The fourth-order valence-corrected chi connectivity index (χ4v) is 3.60. The predicted octanol–water partition coefficient (Wildman–Crippen LogP) is 6.08. The zero-order valence-electron chi connectivity index (χ0n) is 14.7. The molecule has 0 aliphatic rings. The number of hydrogen-bond acceptors (Lipinski definition) is 4. The molecule has 3 rings (SSSR count). The normalized spacial score (nSPS) is 10.8. The number of fused-ring (bicyclic) bond motifs is 1. The number of nitrogens with zero attached hydrogens (tertiary/aromatic N) is 2. The number of aromatic nitrogens is 1. The van der Waals surface area contributed by atoms with E-state index in [1.54, 1.807) is 6.92 Å². The number of hydrogen-bond donors (Lipinski definition) is 0. The summed E-state index contributed by atoms with van der Waals surface area (Å²) in [7, 11) is 0. The quantitative estimate of drug-likeness (QED) is 0.369.